The summed E-state index contributed by atoms with van der Waals surface area (Å²) in [7, 11) is 5.58. The van der Waals surface area contributed by atoms with Gasteiger partial charge in [-0.1, -0.05) is 24.2 Å². The van der Waals surface area contributed by atoms with E-state index < -0.39 is 0 Å². The molecule has 0 bridgehead atoms. The number of thiophene rings is 1. The first-order valence-corrected chi connectivity index (χ1v) is 3.84. The van der Waals surface area contributed by atoms with Gasteiger partial charge in [0, 0.05) is 4.70 Å². The molecule has 0 saturated carbocycles. The van der Waals surface area contributed by atoms with Crippen molar-refractivity contribution in [1.29, 1.82) is 0 Å². The highest BCUT2D eigenvalue weighted by Gasteiger charge is 1.93. The second-order valence-electron chi connectivity index (χ2n) is 2.09. The van der Waals surface area contributed by atoms with Gasteiger partial charge in [0.05, 0.1) is 1.37 Å². The summed E-state index contributed by atoms with van der Waals surface area (Å²) < 4.78 is 9.25. The Balaban J connectivity index is 2.92. The van der Waals surface area contributed by atoms with Crippen molar-refractivity contribution >= 4 is 34.0 Å². The lowest BCUT2D eigenvalue weighted by atomic mass is 10.1. The monoisotopic (exact) mass is 145 g/mol. The molecule has 2 rings (SSSR count). The zero-order valence-electron chi connectivity index (χ0n) is 6.29. The molecule has 0 unspecified atom stereocenters. The molecule has 0 aliphatic heterocycles. The van der Waals surface area contributed by atoms with Gasteiger partial charge in [0.1, 0.15) is 7.85 Å². The summed E-state index contributed by atoms with van der Waals surface area (Å²) >= 11 is 1.47. The first-order valence-electron chi connectivity index (χ1n) is 3.52. The fourth-order valence-corrected chi connectivity index (χ4v) is 1.71. The lowest BCUT2D eigenvalue weighted by Crippen LogP contribution is -1.88. The van der Waals surface area contributed by atoms with Crippen LogP contribution in [-0.4, -0.2) is 7.85 Å². The topological polar surface area (TPSA) is 0 Å². The van der Waals surface area contributed by atoms with E-state index in [0.717, 1.165) is 10.1 Å². The maximum Gasteiger partial charge on any atom is 0.128 e. The summed E-state index contributed by atoms with van der Waals surface area (Å²) in [6.07, 6.45) is 0. The molecule has 0 saturated heterocycles. The van der Waals surface area contributed by atoms with Crippen LogP contribution in [0.2, 0.25) is 0 Å². The molecule has 0 amide bonds. The van der Waals surface area contributed by atoms with E-state index in [9.17, 15) is 0 Å². The molecular formula is C8H5BS. The van der Waals surface area contributed by atoms with Crippen LogP contribution in [0.5, 0.6) is 0 Å². The van der Waals surface area contributed by atoms with Crippen LogP contribution in [-0.2, 0) is 0 Å². The Labute approximate surface area is 66.3 Å². The van der Waals surface area contributed by atoms with Crippen molar-refractivity contribution in [2.45, 2.75) is 0 Å². The second kappa shape index (κ2) is 2.13. The molecule has 0 fully saturated rings. The third kappa shape index (κ3) is 0.849. The van der Waals surface area contributed by atoms with E-state index in [1.54, 1.807) is 0 Å². The summed E-state index contributed by atoms with van der Waals surface area (Å²) in [5.74, 6) is 0. The van der Waals surface area contributed by atoms with E-state index in [-0.39, 0.29) is 0 Å². The average Bonchev–Trinajstić information content (AvgIpc) is 2.30. The molecule has 0 aliphatic carbocycles. The third-order valence-electron chi connectivity index (χ3n) is 1.36. The zero-order valence-corrected chi connectivity index (χ0v) is 6.11. The Morgan fingerprint density at radius 3 is 3.00 bits per heavy atom. The first kappa shape index (κ1) is 4.97. The van der Waals surface area contributed by atoms with Gasteiger partial charge in [0.15, 0.2) is 0 Å². The standard InChI is InChI=1S/C8H5BS/c9-8-5-6-3-1-2-4-7(6)10-8/h1-5H/i5D. The SMILES string of the molecule is [2H]c1c([B])sc2ccccc12. The van der Waals surface area contributed by atoms with Crippen LogP contribution in [0.3, 0.4) is 0 Å². The minimum Gasteiger partial charge on any atom is -0.152 e. The van der Waals surface area contributed by atoms with Gasteiger partial charge < -0.3 is 0 Å². The minimum absolute atomic E-state index is 0.464. The van der Waals surface area contributed by atoms with Gasteiger partial charge >= 0.3 is 0 Å². The van der Waals surface area contributed by atoms with Crippen molar-refractivity contribution in [3.63, 3.8) is 0 Å². The summed E-state index contributed by atoms with van der Waals surface area (Å²) in [4.78, 5) is 0. The highest BCUT2D eigenvalue weighted by molar-refractivity contribution is 7.26. The molecule has 2 aromatic rings. The molecule has 2 heteroatoms. The fourth-order valence-electron chi connectivity index (χ4n) is 0.936. The first-order chi connectivity index (χ1) is 5.29. The average molecular weight is 145 g/mol. The number of fused-ring (bicyclic) bond motifs is 1. The van der Waals surface area contributed by atoms with Crippen LogP contribution in [0.4, 0.5) is 0 Å². The molecule has 0 N–H and O–H groups in total. The van der Waals surface area contributed by atoms with Crippen molar-refractivity contribution in [2.24, 2.45) is 0 Å². The van der Waals surface area contributed by atoms with Crippen LogP contribution in [0.1, 0.15) is 1.37 Å². The van der Waals surface area contributed by atoms with Crippen LogP contribution >= 0.6 is 11.3 Å². The molecule has 0 atom stereocenters. The smallest absolute Gasteiger partial charge is 0.128 e. The van der Waals surface area contributed by atoms with E-state index in [4.69, 9.17) is 9.22 Å². The van der Waals surface area contributed by atoms with E-state index in [1.807, 2.05) is 24.3 Å². The van der Waals surface area contributed by atoms with Crippen LogP contribution in [0.15, 0.2) is 30.3 Å². The molecule has 1 aromatic heterocycles. The number of hydrogen-bond donors (Lipinski definition) is 0. The fraction of sp³-hybridized carbons (Fsp3) is 0. The van der Waals surface area contributed by atoms with E-state index in [0.29, 0.717) is 10.8 Å². The number of benzene rings is 1. The maximum absolute atomic E-state index is 7.55. The Morgan fingerprint density at radius 1 is 1.40 bits per heavy atom. The van der Waals surface area contributed by atoms with Crippen LogP contribution in [0, 0.1) is 0 Å². The van der Waals surface area contributed by atoms with Gasteiger partial charge in [0.2, 0.25) is 0 Å². The predicted molar refractivity (Wildman–Crippen MR) is 47.2 cm³/mol. The Morgan fingerprint density at radius 2 is 2.20 bits per heavy atom. The molecule has 1 aromatic carbocycles. The van der Waals surface area contributed by atoms with E-state index in [1.165, 1.54) is 11.3 Å². The van der Waals surface area contributed by atoms with Crippen molar-refractivity contribution in [3.8, 4) is 0 Å². The lowest BCUT2D eigenvalue weighted by molar-refractivity contribution is 1.86. The highest BCUT2D eigenvalue weighted by Crippen LogP contribution is 2.16. The van der Waals surface area contributed by atoms with Gasteiger partial charge in [-0.2, -0.15) is 11.3 Å². The highest BCUT2D eigenvalue weighted by atomic mass is 32.1. The Bertz CT molecular complexity index is 394. The lowest BCUT2D eigenvalue weighted by Gasteiger charge is -1.82. The molecule has 0 aliphatic rings. The normalized spacial score (nSPS) is 11.8. The largest absolute Gasteiger partial charge is 0.152 e. The molecular weight excluding hydrogens is 139 g/mol. The summed E-state index contributed by atoms with van der Waals surface area (Å²) in [5, 5.41) is 0.954. The molecule has 1 heterocycles. The predicted octanol–water partition coefficient (Wildman–Crippen LogP) is 1.70. The van der Waals surface area contributed by atoms with Crippen molar-refractivity contribution in [1.82, 2.24) is 0 Å². The van der Waals surface area contributed by atoms with Gasteiger partial charge in [-0.25, -0.2) is 0 Å². The zero-order chi connectivity index (χ0) is 7.84. The second-order valence-corrected chi connectivity index (χ2v) is 3.17. The summed E-state index contributed by atoms with van der Waals surface area (Å²) in [6, 6.07) is 8.24. The molecule has 0 spiro atoms. The maximum atomic E-state index is 7.55. The number of rotatable bonds is 0. The van der Waals surface area contributed by atoms with Crippen LogP contribution in [0.25, 0.3) is 10.1 Å². The Hall–Kier alpha value is -0.755. The summed E-state index contributed by atoms with van der Waals surface area (Å²) in [5.41, 5.74) is 0. The Kier molecular flexibility index (Phi) is 1.06. The quantitative estimate of drug-likeness (QED) is 0.495. The van der Waals surface area contributed by atoms with Gasteiger partial charge in [-0.15, -0.1) is 0 Å². The van der Waals surface area contributed by atoms with E-state index in [2.05, 4.69) is 0 Å². The molecule has 0 nitrogen and oxygen atoms in total. The van der Waals surface area contributed by atoms with Crippen molar-refractivity contribution < 1.29 is 1.37 Å². The van der Waals surface area contributed by atoms with Crippen molar-refractivity contribution in [3.05, 3.63) is 30.3 Å². The molecule has 46 valence electrons. The van der Waals surface area contributed by atoms with Gasteiger partial charge in [-0.05, 0) is 16.2 Å². The third-order valence-corrected chi connectivity index (χ3v) is 2.26. The van der Waals surface area contributed by atoms with E-state index >= 15 is 0 Å². The van der Waals surface area contributed by atoms with Crippen molar-refractivity contribution in [2.75, 3.05) is 0 Å². The van der Waals surface area contributed by atoms with Gasteiger partial charge in [-0.3, -0.25) is 0 Å². The summed E-state index contributed by atoms with van der Waals surface area (Å²) in [6.45, 7) is 0. The van der Waals surface area contributed by atoms with Crippen LogP contribution < -0.4 is 4.78 Å². The molecule has 2 radical (unpaired) electrons. The number of hydrogen-bond acceptors (Lipinski definition) is 1. The van der Waals surface area contributed by atoms with Gasteiger partial charge in [0.25, 0.3) is 0 Å². The minimum atomic E-state index is 0.464. The molecule has 10 heavy (non-hydrogen) atoms.